The number of aromatic nitrogens is 1. The number of rotatable bonds is 7. The molecule has 0 spiro atoms. The van der Waals surface area contributed by atoms with Crippen LogP contribution in [0.2, 0.25) is 0 Å². The van der Waals surface area contributed by atoms with Gasteiger partial charge in [-0.05, 0) is 12.1 Å². The highest BCUT2D eigenvalue weighted by Crippen LogP contribution is 2.18. The second-order valence-electron chi connectivity index (χ2n) is 5.82. The molecule has 0 bridgehead atoms. The Morgan fingerprint density at radius 1 is 1.32 bits per heavy atom. The van der Waals surface area contributed by atoms with Crippen LogP contribution >= 0.6 is 35.3 Å². The SMILES string of the molecule is CN=C(NCc1csc(C(C)C)n1)N(C)CCOc1ccccc1.I. The molecule has 0 amide bonds. The maximum atomic E-state index is 5.73. The predicted octanol–water partition coefficient (Wildman–Crippen LogP) is 3.97. The molecule has 1 aromatic carbocycles. The lowest BCUT2D eigenvalue weighted by molar-refractivity contribution is 0.281. The number of ether oxygens (including phenoxy) is 1. The van der Waals surface area contributed by atoms with E-state index in [4.69, 9.17) is 4.74 Å². The van der Waals surface area contributed by atoms with E-state index in [1.165, 1.54) is 5.01 Å². The molecule has 2 aromatic rings. The number of likely N-dealkylation sites (N-methyl/N-ethyl adjacent to an activating group) is 1. The summed E-state index contributed by atoms with van der Waals surface area (Å²) >= 11 is 1.71. The molecular weight excluding hydrogens is 447 g/mol. The van der Waals surface area contributed by atoms with Crippen LogP contribution in [0.15, 0.2) is 40.7 Å². The molecule has 25 heavy (non-hydrogen) atoms. The number of nitrogens with one attached hydrogen (secondary N) is 1. The molecule has 0 unspecified atom stereocenters. The minimum absolute atomic E-state index is 0. The lowest BCUT2D eigenvalue weighted by Crippen LogP contribution is -2.40. The van der Waals surface area contributed by atoms with Gasteiger partial charge in [0, 0.05) is 25.4 Å². The summed E-state index contributed by atoms with van der Waals surface area (Å²) in [4.78, 5) is 11.0. The van der Waals surface area contributed by atoms with Crippen molar-refractivity contribution in [2.75, 3.05) is 27.2 Å². The number of guanidine groups is 1. The van der Waals surface area contributed by atoms with Gasteiger partial charge in [0.05, 0.1) is 23.8 Å². The molecule has 138 valence electrons. The third-order valence-corrected chi connectivity index (χ3v) is 4.70. The first kappa shape index (κ1) is 21.7. The first-order valence-electron chi connectivity index (χ1n) is 8.14. The minimum atomic E-state index is 0. The molecule has 1 aromatic heterocycles. The zero-order chi connectivity index (χ0) is 17.4. The zero-order valence-corrected chi connectivity index (χ0v) is 18.4. The fourth-order valence-corrected chi connectivity index (χ4v) is 2.98. The standard InChI is InChI=1S/C18H26N4OS.HI/c1-14(2)17-21-15(13-24-17)12-20-18(19-3)22(4)10-11-23-16-8-6-5-7-9-16;/h5-9,13-14H,10-12H2,1-4H3,(H,19,20);1H. The molecule has 0 saturated heterocycles. The summed E-state index contributed by atoms with van der Waals surface area (Å²) < 4.78 is 5.73. The molecule has 0 aliphatic carbocycles. The van der Waals surface area contributed by atoms with Gasteiger partial charge in [0.2, 0.25) is 0 Å². The number of halogens is 1. The smallest absolute Gasteiger partial charge is 0.193 e. The van der Waals surface area contributed by atoms with Gasteiger partial charge in [-0.2, -0.15) is 0 Å². The number of thiazole rings is 1. The number of benzene rings is 1. The number of hydrogen-bond donors (Lipinski definition) is 1. The van der Waals surface area contributed by atoms with Crippen molar-refractivity contribution in [1.29, 1.82) is 0 Å². The van der Waals surface area contributed by atoms with Crippen molar-refractivity contribution < 1.29 is 4.74 Å². The average Bonchev–Trinajstić information content (AvgIpc) is 3.06. The fourth-order valence-electron chi connectivity index (χ4n) is 2.15. The Labute approximate surface area is 171 Å². The minimum Gasteiger partial charge on any atom is -0.492 e. The summed E-state index contributed by atoms with van der Waals surface area (Å²) in [6.07, 6.45) is 0. The van der Waals surface area contributed by atoms with Crippen LogP contribution in [0.3, 0.4) is 0 Å². The van der Waals surface area contributed by atoms with Crippen molar-refractivity contribution in [3.8, 4) is 5.75 Å². The Hall–Kier alpha value is -1.35. The van der Waals surface area contributed by atoms with Crippen LogP contribution in [-0.2, 0) is 6.54 Å². The van der Waals surface area contributed by atoms with Crippen molar-refractivity contribution in [3.05, 3.63) is 46.4 Å². The normalized spacial score (nSPS) is 11.2. The summed E-state index contributed by atoms with van der Waals surface area (Å²) in [6.45, 7) is 6.36. The lowest BCUT2D eigenvalue weighted by atomic mass is 10.2. The molecule has 2 rings (SSSR count). The quantitative estimate of drug-likeness (QED) is 0.375. The van der Waals surface area contributed by atoms with Gasteiger partial charge in [0.15, 0.2) is 5.96 Å². The maximum Gasteiger partial charge on any atom is 0.193 e. The van der Waals surface area contributed by atoms with Crippen LogP contribution in [0, 0.1) is 0 Å². The van der Waals surface area contributed by atoms with E-state index in [0.29, 0.717) is 19.1 Å². The van der Waals surface area contributed by atoms with E-state index in [9.17, 15) is 0 Å². The largest absolute Gasteiger partial charge is 0.492 e. The first-order chi connectivity index (χ1) is 11.6. The Morgan fingerprint density at radius 3 is 2.64 bits per heavy atom. The van der Waals surface area contributed by atoms with Crippen molar-refractivity contribution in [3.63, 3.8) is 0 Å². The molecule has 7 heteroatoms. The van der Waals surface area contributed by atoms with E-state index in [1.54, 1.807) is 18.4 Å². The molecule has 5 nitrogen and oxygen atoms in total. The summed E-state index contributed by atoms with van der Waals surface area (Å²) in [5.74, 6) is 2.20. The van der Waals surface area contributed by atoms with Gasteiger partial charge in [0.1, 0.15) is 12.4 Å². The Morgan fingerprint density at radius 2 is 2.04 bits per heavy atom. The number of nitrogens with zero attached hydrogens (tertiary/aromatic N) is 3. The first-order valence-corrected chi connectivity index (χ1v) is 9.02. The van der Waals surface area contributed by atoms with Gasteiger partial charge < -0.3 is 15.0 Å². The number of hydrogen-bond acceptors (Lipinski definition) is 4. The molecule has 0 aliphatic heterocycles. The van der Waals surface area contributed by atoms with Gasteiger partial charge in [-0.3, -0.25) is 4.99 Å². The summed E-state index contributed by atoms with van der Waals surface area (Å²) in [5.41, 5.74) is 1.05. The van der Waals surface area contributed by atoms with Crippen LogP contribution in [0.5, 0.6) is 5.75 Å². The molecule has 0 saturated carbocycles. The van der Waals surface area contributed by atoms with E-state index in [0.717, 1.165) is 23.9 Å². The van der Waals surface area contributed by atoms with Crippen LogP contribution in [0.1, 0.15) is 30.5 Å². The highest BCUT2D eigenvalue weighted by Gasteiger charge is 2.09. The monoisotopic (exact) mass is 474 g/mol. The number of para-hydroxylation sites is 1. The Balaban J connectivity index is 0.00000312. The average molecular weight is 474 g/mol. The third kappa shape index (κ3) is 7.19. The second kappa shape index (κ2) is 11.3. The lowest BCUT2D eigenvalue weighted by Gasteiger charge is -2.21. The summed E-state index contributed by atoms with van der Waals surface area (Å²) in [7, 11) is 3.79. The van der Waals surface area contributed by atoms with Crippen LogP contribution in [0.25, 0.3) is 0 Å². The molecular formula is C18H27IN4OS. The van der Waals surface area contributed by atoms with Crippen molar-refractivity contribution in [1.82, 2.24) is 15.2 Å². The van der Waals surface area contributed by atoms with Crippen LogP contribution in [0.4, 0.5) is 0 Å². The van der Waals surface area contributed by atoms with Gasteiger partial charge in [-0.1, -0.05) is 32.0 Å². The fraction of sp³-hybridized carbons (Fsp3) is 0.444. The van der Waals surface area contributed by atoms with Gasteiger partial charge in [-0.15, -0.1) is 35.3 Å². The summed E-state index contributed by atoms with van der Waals surface area (Å²) in [6, 6.07) is 9.84. The highest BCUT2D eigenvalue weighted by atomic mass is 127. The van der Waals surface area contributed by atoms with Crippen LogP contribution < -0.4 is 10.1 Å². The van der Waals surface area contributed by atoms with E-state index in [1.807, 2.05) is 37.4 Å². The van der Waals surface area contributed by atoms with Gasteiger partial charge >= 0.3 is 0 Å². The van der Waals surface area contributed by atoms with E-state index in [-0.39, 0.29) is 24.0 Å². The Kier molecular flexibility index (Phi) is 9.81. The topological polar surface area (TPSA) is 49.8 Å². The third-order valence-electron chi connectivity index (χ3n) is 3.50. The molecule has 0 atom stereocenters. The van der Waals surface area contributed by atoms with Crippen molar-refractivity contribution in [2.45, 2.75) is 26.3 Å². The number of aliphatic imine (C=N–C) groups is 1. The van der Waals surface area contributed by atoms with Gasteiger partial charge in [0.25, 0.3) is 0 Å². The predicted molar refractivity (Wildman–Crippen MR) is 116 cm³/mol. The second-order valence-corrected chi connectivity index (χ2v) is 6.71. The highest BCUT2D eigenvalue weighted by molar-refractivity contribution is 14.0. The van der Waals surface area contributed by atoms with Gasteiger partial charge in [-0.25, -0.2) is 4.98 Å². The molecule has 1 N–H and O–H groups in total. The molecule has 0 radical (unpaired) electrons. The van der Waals surface area contributed by atoms with E-state index < -0.39 is 0 Å². The van der Waals surface area contributed by atoms with Crippen molar-refractivity contribution >= 4 is 41.3 Å². The van der Waals surface area contributed by atoms with E-state index in [2.05, 4.69) is 39.4 Å². The zero-order valence-electron chi connectivity index (χ0n) is 15.2. The van der Waals surface area contributed by atoms with E-state index >= 15 is 0 Å². The van der Waals surface area contributed by atoms with Crippen LogP contribution in [-0.4, -0.2) is 43.1 Å². The van der Waals surface area contributed by atoms with Crippen molar-refractivity contribution in [2.24, 2.45) is 4.99 Å². The molecule has 1 heterocycles. The maximum absolute atomic E-state index is 5.73. The summed E-state index contributed by atoms with van der Waals surface area (Å²) in [5, 5.41) is 6.63. The Bertz CT molecular complexity index is 646. The molecule has 0 fully saturated rings. The molecule has 0 aliphatic rings.